The second-order valence-electron chi connectivity index (χ2n) is 4.92. The van der Waals surface area contributed by atoms with E-state index in [1.807, 2.05) is 11.4 Å². The van der Waals surface area contributed by atoms with Gasteiger partial charge in [-0.2, -0.15) is 5.26 Å². The van der Waals surface area contributed by atoms with Crippen molar-refractivity contribution in [2.24, 2.45) is 5.41 Å². The van der Waals surface area contributed by atoms with Crippen molar-refractivity contribution in [3.8, 4) is 6.07 Å². The second kappa shape index (κ2) is 6.75. The molecule has 1 heterocycles. The maximum absolute atomic E-state index is 8.73. The zero-order chi connectivity index (χ0) is 12.7. The molecule has 0 fully saturated rings. The molecule has 17 heavy (non-hydrogen) atoms. The van der Waals surface area contributed by atoms with Crippen molar-refractivity contribution >= 4 is 11.3 Å². The topological polar surface area (TPSA) is 45.0 Å². The highest BCUT2D eigenvalue weighted by Gasteiger charge is 2.16. The van der Waals surface area contributed by atoms with Gasteiger partial charge in [0.15, 0.2) is 0 Å². The first kappa shape index (κ1) is 14.2. The highest BCUT2D eigenvalue weighted by Crippen LogP contribution is 2.19. The standard InChI is InChI=1S/C13H20N2OS/c1-13(2,4-5-16-3)10-15-8-12-6-11(7-14)9-17-12/h6,9,15H,4-5,8,10H2,1-3H3. The summed E-state index contributed by atoms with van der Waals surface area (Å²) >= 11 is 1.63. The van der Waals surface area contributed by atoms with Crippen LogP contribution < -0.4 is 5.32 Å². The van der Waals surface area contributed by atoms with Gasteiger partial charge < -0.3 is 10.1 Å². The summed E-state index contributed by atoms with van der Waals surface area (Å²) in [5, 5.41) is 14.1. The number of hydrogen-bond acceptors (Lipinski definition) is 4. The number of rotatable bonds is 7. The SMILES string of the molecule is COCCC(C)(C)CNCc1cc(C#N)cs1. The van der Waals surface area contributed by atoms with Crippen LogP contribution in [0.25, 0.3) is 0 Å². The minimum absolute atomic E-state index is 0.241. The zero-order valence-electron chi connectivity index (χ0n) is 10.7. The molecule has 1 aromatic heterocycles. The van der Waals surface area contributed by atoms with E-state index in [0.717, 1.165) is 31.7 Å². The average Bonchev–Trinajstić information content (AvgIpc) is 2.74. The average molecular weight is 252 g/mol. The Morgan fingerprint density at radius 1 is 1.53 bits per heavy atom. The summed E-state index contributed by atoms with van der Waals surface area (Å²) in [5.41, 5.74) is 0.996. The van der Waals surface area contributed by atoms with Gasteiger partial charge in [0.25, 0.3) is 0 Å². The fourth-order valence-corrected chi connectivity index (χ4v) is 2.30. The van der Waals surface area contributed by atoms with Gasteiger partial charge in [-0.25, -0.2) is 0 Å². The number of nitrogens with one attached hydrogen (secondary N) is 1. The normalized spacial score (nSPS) is 11.4. The smallest absolute Gasteiger partial charge is 0.100 e. The van der Waals surface area contributed by atoms with Gasteiger partial charge in [-0.15, -0.1) is 11.3 Å². The predicted octanol–water partition coefficient (Wildman–Crippen LogP) is 2.77. The van der Waals surface area contributed by atoms with E-state index >= 15 is 0 Å². The van der Waals surface area contributed by atoms with Gasteiger partial charge in [-0.1, -0.05) is 13.8 Å². The first-order chi connectivity index (χ1) is 8.07. The Balaban J connectivity index is 2.29. The fraction of sp³-hybridized carbons (Fsp3) is 0.615. The van der Waals surface area contributed by atoms with Crippen LogP contribution in [0.5, 0.6) is 0 Å². The minimum atomic E-state index is 0.241. The van der Waals surface area contributed by atoms with Gasteiger partial charge in [0, 0.05) is 37.1 Å². The molecule has 0 aromatic carbocycles. The number of nitriles is 1. The molecular weight excluding hydrogens is 232 g/mol. The number of nitrogens with zero attached hydrogens (tertiary/aromatic N) is 1. The number of hydrogen-bond donors (Lipinski definition) is 1. The third kappa shape index (κ3) is 5.31. The summed E-state index contributed by atoms with van der Waals surface area (Å²) in [5.74, 6) is 0. The van der Waals surface area contributed by atoms with Crippen LogP contribution in [-0.2, 0) is 11.3 Å². The molecule has 1 aromatic rings. The summed E-state index contributed by atoms with van der Waals surface area (Å²) in [6.07, 6.45) is 1.05. The first-order valence-electron chi connectivity index (χ1n) is 5.74. The molecule has 0 unspecified atom stereocenters. The lowest BCUT2D eigenvalue weighted by Crippen LogP contribution is -2.29. The van der Waals surface area contributed by atoms with Crippen LogP contribution in [0, 0.1) is 16.7 Å². The van der Waals surface area contributed by atoms with E-state index in [4.69, 9.17) is 10.00 Å². The Labute approximate surface area is 107 Å². The van der Waals surface area contributed by atoms with E-state index < -0.39 is 0 Å². The van der Waals surface area contributed by atoms with Crippen molar-refractivity contribution in [2.45, 2.75) is 26.8 Å². The van der Waals surface area contributed by atoms with Crippen LogP contribution >= 0.6 is 11.3 Å². The molecule has 0 atom stereocenters. The van der Waals surface area contributed by atoms with E-state index in [1.54, 1.807) is 18.4 Å². The van der Waals surface area contributed by atoms with Gasteiger partial charge in [0.1, 0.15) is 6.07 Å². The highest BCUT2D eigenvalue weighted by molar-refractivity contribution is 7.10. The lowest BCUT2D eigenvalue weighted by molar-refractivity contribution is 0.150. The van der Waals surface area contributed by atoms with Gasteiger partial charge in [0.05, 0.1) is 5.56 Å². The fourth-order valence-electron chi connectivity index (χ4n) is 1.52. The molecule has 3 nitrogen and oxygen atoms in total. The van der Waals surface area contributed by atoms with Crippen LogP contribution in [0.4, 0.5) is 0 Å². The van der Waals surface area contributed by atoms with Gasteiger partial charge >= 0.3 is 0 Å². The summed E-state index contributed by atoms with van der Waals surface area (Å²) < 4.78 is 5.10. The van der Waals surface area contributed by atoms with Gasteiger partial charge in [0.2, 0.25) is 0 Å². The van der Waals surface area contributed by atoms with Crippen LogP contribution in [0.3, 0.4) is 0 Å². The van der Waals surface area contributed by atoms with E-state index in [2.05, 4.69) is 25.2 Å². The molecule has 0 spiro atoms. The molecule has 94 valence electrons. The Morgan fingerprint density at radius 2 is 2.29 bits per heavy atom. The lowest BCUT2D eigenvalue weighted by atomic mass is 9.90. The van der Waals surface area contributed by atoms with Crippen molar-refractivity contribution in [3.05, 3.63) is 21.9 Å². The summed E-state index contributed by atoms with van der Waals surface area (Å²) in [6.45, 7) is 7.05. The van der Waals surface area contributed by atoms with E-state index in [1.165, 1.54) is 4.88 Å². The maximum atomic E-state index is 8.73. The van der Waals surface area contributed by atoms with Crippen molar-refractivity contribution < 1.29 is 4.74 Å². The molecule has 4 heteroatoms. The van der Waals surface area contributed by atoms with Crippen molar-refractivity contribution in [3.63, 3.8) is 0 Å². The molecule has 0 saturated carbocycles. The molecule has 0 amide bonds. The predicted molar refractivity (Wildman–Crippen MR) is 71.0 cm³/mol. The highest BCUT2D eigenvalue weighted by atomic mass is 32.1. The molecule has 0 saturated heterocycles. The summed E-state index contributed by atoms with van der Waals surface area (Å²) in [4.78, 5) is 1.21. The van der Waals surface area contributed by atoms with Crippen LogP contribution in [0.15, 0.2) is 11.4 Å². The van der Waals surface area contributed by atoms with Crippen molar-refractivity contribution in [1.82, 2.24) is 5.32 Å². The largest absolute Gasteiger partial charge is 0.385 e. The third-order valence-corrected chi connectivity index (χ3v) is 3.61. The minimum Gasteiger partial charge on any atom is -0.385 e. The number of methoxy groups -OCH3 is 1. The first-order valence-corrected chi connectivity index (χ1v) is 6.62. The zero-order valence-corrected chi connectivity index (χ0v) is 11.6. The molecule has 0 aliphatic heterocycles. The molecule has 0 bridgehead atoms. The Kier molecular flexibility index (Phi) is 5.63. The lowest BCUT2D eigenvalue weighted by Gasteiger charge is -2.24. The Morgan fingerprint density at radius 3 is 2.88 bits per heavy atom. The number of thiophene rings is 1. The summed E-state index contributed by atoms with van der Waals surface area (Å²) in [6, 6.07) is 4.09. The molecular formula is C13H20N2OS. The van der Waals surface area contributed by atoms with E-state index in [-0.39, 0.29) is 5.41 Å². The van der Waals surface area contributed by atoms with Crippen molar-refractivity contribution in [1.29, 1.82) is 5.26 Å². The second-order valence-corrected chi connectivity index (χ2v) is 5.92. The molecule has 0 radical (unpaired) electrons. The molecule has 0 aliphatic carbocycles. The van der Waals surface area contributed by atoms with Crippen LogP contribution in [0.2, 0.25) is 0 Å². The van der Waals surface area contributed by atoms with E-state index in [9.17, 15) is 0 Å². The van der Waals surface area contributed by atoms with Crippen LogP contribution in [-0.4, -0.2) is 20.3 Å². The molecule has 1 rings (SSSR count). The van der Waals surface area contributed by atoms with Gasteiger partial charge in [-0.05, 0) is 17.9 Å². The van der Waals surface area contributed by atoms with Gasteiger partial charge in [-0.3, -0.25) is 0 Å². The third-order valence-electron chi connectivity index (χ3n) is 2.67. The monoisotopic (exact) mass is 252 g/mol. The maximum Gasteiger partial charge on any atom is 0.100 e. The van der Waals surface area contributed by atoms with E-state index in [0.29, 0.717) is 0 Å². The number of ether oxygens (including phenoxy) is 1. The Hall–Kier alpha value is -0.890. The Bertz CT molecular complexity index is 379. The summed E-state index contributed by atoms with van der Waals surface area (Å²) in [7, 11) is 1.73. The molecule has 1 N–H and O–H groups in total. The molecule has 0 aliphatic rings. The quantitative estimate of drug-likeness (QED) is 0.811. The van der Waals surface area contributed by atoms with Crippen LogP contribution in [0.1, 0.15) is 30.7 Å². The van der Waals surface area contributed by atoms with Crippen molar-refractivity contribution in [2.75, 3.05) is 20.3 Å².